The van der Waals surface area contributed by atoms with Gasteiger partial charge in [-0.1, -0.05) is 63.1 Å². The molecule has 1 aromatic carbocycles. The number of nitrogens with zero attached hydrogens (tertiary/aromatic N) is 1. The fourth-order valence-electron chi connectivity index (χ4n) is 3.52. The first-order chi connectivity index (χ1) is 10.3. The highest BCUT2D eigenvalue weighted by molar-refractivity contribution is 8.14. The Hall–Kier alpha value is -0.960. The number of nitrogens with one attached hydrogen (secondary N) is 1. The van der Waals surface area contributed by atoms with Gasteiger partial charge in [0.1, 0.15) is 0 Å². The first-order valence-electron chi connectivity index (χ1n) is 8.37. The summed E-state index contributed by atoms with van der Waals surface area (Å²) in [6, 6.07) is 6.64. The molecular weight excluding hydrogens is 276 g/mol. The minimum atomic E-state index is 0.249. The molecule has 0 saturated heterocycles. The lowest BCUT2D eigenvalue weighted by atomic mass is 9.84. The van der Waals surface area contributed by atoms with E-state index in [2.05, 4.69) is 37.4 Å². The van der Waals surface area contributed by atoms with E-state index in [4.69, 9.17) is 4.99 Å². The van der Waals surface area contributed by atoms with E-state index in [0.29, 0.717) is 0 Å². The minimum absolute atomic E-state index is 0.249. The van der Waals surface area contributed by atoms with Gasteiger partial charge in [-0.05, 0) is 36.8 Å². The Morgan fingerprint density at radius 2 is 1.76 bits per heavy atom. The van der Waals surface area contributed by atoms with Crippen LogP contribution in [0.4, 0.5) is 5.69 Å². The van der Waals surface area contributed by atoms with Crippen LogP contribution in [-0.2, 0) is 12.8 Å². The Kier molecular flexibility index (Phi) is 4.58. The summed E-state index contributed by atoms with van der Waals surface area (Å²) in [6.45, 7) is 4.46. The largest absolute Gasteiger partial charge is 0.335 e. The van der Waals surface area contributed by atoms with Crippen LogP contribution in [0.15, 0.2) is 23.2 Å². The van der Waals surface area contributed by atoms with E-state index < -0.39 is 0 Å². The summed E-state index contributed by atoms with van der Waals surface area (Å²) in [6.07, 6.45) is 8.79. The topological polar surface area (TPSA) is 24.4 Å². The van der Waals surface area contributed by atoms with Crippen molar-refractivity contribution < 1.29 is 0 Å². The second-order valence-corrected chi connectivity index (χ2v) is 7.24. The highest BCUT2D eigenvalue weighted by Crippen LogP contribution is 2.40. The van der Waals surface area contributed by atoms with Crippen molar-refractivity contribution in [3.8, 4) is 0 Å². The third-order valence-electron chi connectivity index (χ3n) is 4.83. The molecule has 114 valence electrons. The van der Waals surface area contributed by atoms with Crippen LogP contribution in [0, 0.1) is 0 Å². The van der Waals surface area contributed by atoms with Gasteiger partial charge >= 0.3 is 0 Å². The SMILES string of the molecule is CCc1cccc(CC)c1NC1=NC2(CCCCC2)CS1. The second kappa shape index (κ2) is 6.43. The highest BCUT2D eigenvalue weighted by atomic mass is 32.2. The molecule has 2 aliphatic rings. The average Bonchev–Trinajstić information content (AvgIpc) is 2.90. The predicted molar refractivity (Wildman–Crippen MR) is 94.5 cm³/mol. The maximum atomic E-state index is 5.09. The number of thioether (sulfide) groups is 1. The number of anilines is 1. The maximum Gasteiger partial charge on any atom is 0.161 e. The Balaban J connectivity index is 1.82. The smallest absolute Gasteiger partial charge is 0.161 e. The van der Waals surface area contributed by atoms with Crippen LogP contribution in [-0.4, -0.2) is 16.5 Å². The molecule has 0 aromatic heterocycles. The Bertz CT molecular complexity index is 508. The van der Waals surface area contributed by atoms with Gasteiger partial charge in [-0.2, -0.15) is 0 Å². The van der Waals surface area contributed by atoms with Gasteiger partial charge in [-0.15, -0.1) is 0 Å². The van der Waals surface area contributed by atoms with Crippen LogP contribution in [0.5, 0.6) is 0 Å². The van der Waals surface area contributed by atoms with E-state index in [1.807, 2.05) is 11.8 Å². The standard InChI is InChI=1S/C18H26N2S/c1-3-14-9-8-10-15(4-2)16(14)19-17-20-18(13-21-17)11-6-5-7-12-18/h8-10H,3-7,11-13H2,1-2H3,(H,19,20). The third kappa shape index (κ3) is 3.13. The van der Waals surface area contributed by atoms with Crippen LogP contribution in [0.25, 0.3) is 0 Å². The Morgan fingerprint density at radius 1 is 1.10 bits per heavy atom. The number of aryl methyl sites for hydroxylation is 2. The molecule has 1 saturated carbocycles. The van der Waals surface area contributed by atoms with Gasteiger partial charge in [0.05, 0.1) is 5.54 Å². The summed E-state index contributed by atoms with van der Waals surface area (Å²) in [5, 5.41) is 4.81. The monoisotopic (exact) mass is 302 g/mol. The molecule has 1 aromatic rings. The number of amidine groups is 1. The molecule has 0 radical (unpaired) electrons. The molecule has 0 bridgehead atoms. The number of para-hydroxylation sites is 1. The number of benzene rings is 1. The number of aliphatic imine (C=N–C) groups is 1. The lowest BCUT2D eigenvalue weighted by Crippen LogP contribution is -2.29. The molecule has 1 N–H and O–H groups in total. The van der Waals surface area contributed by atoms with E-state index in [1.54, 1.807) is 0 Å². The van der Waals surface area contributed by atoms with Crippen molar-refractivity contribution in [1.29, 1.82) is 0 Å². The van der Waals surface area contributed by atoms with Gasteiger partial charge in [0, 0.05) is 11.4 Å². The predicted octanol–water partition coefficient (Wildman–Crippen LogP) is 5.03. The van der Waals surface area contributed by atoms with Crippen molar-refractivity contribution in [1.82, 2.24) is 0 Å². The third-order valence-corrected chi connectivity index (χ3v) is 5.98. The first-order valence-corrected chi connectivity index (χ1v) is 9.35. The summed E-state index contributed by atoms with van der Waals surface area (Å²) >= 11 is 1.92. The normalized spacial score (nSPS) is 20.6. The molecular formula is C18H26N2S. The van der Waals surface area contributed by atoms with Gasteiger partial charge in [0.2, 0.25) is 0 Å². The van der Waals surface area contributed by atoms with Gasteiger partial charge in [0.25, 0.3) is 0 Å². The maximum absolute atomic E-state index is 5.09. The highest BCUT2D eigenvalue weighted by Gasteiger charge is 2.36. The molecule has 1 aliphatic heterocycles. The number of hydrogen-bond donors (Lipinski definition) is 1. The molecule has 0 atom stereocenters. The van der Waals surface area contributed by atoms with Crippen LogP contribution < -0.4 is 5.32 Å². The number of rotatable bonds is 3. The average molecular weight is 302 g/mol. The van der Waals surface area contributed by atoms with Gasteiger partial charge in [-0.3, -0.25) is 4.99 Å². The molecule has 1 aliphatic carbocycles. The zero-order chi connectivity index (χ0) is 14.7. The lowest BCUT2D eigenvalue weighted by Gasteiger charge is -2.29. The van der Waals surface area contributed by atoms with Crippen LogP contribution in [0.3, 0.4) is 0 Å². The van der Waals surface area contributed by atoms with E-state index in [1.165, 1.54) is 54.7 Å². The van der Waals surface area contributed by atoms with Gasteiger partial charge in [0.15, 0.2) is 5.17 Å². The molecule has 0 amide bonds. The molecule has 2 nitrogen and oxygen atoms in total. The van der Waals surface area contributed by atoms with Crippen LogP contribution in [0.2, 0.25) is 0 Å². The molecule has 1 heterocycles. The second-order valence-electron chi connectivity index (χ2n) is 6.27. The minimum Gasteiger partial charge on any atom is -0.335 e. The fraction of sp³-hybridized carbons (Fsp3) is 0.611. The summed E-state index contributed by atoms with van der Waals surface area (Å²) < 4.78 is 0. The zero-order valence-electron chi connectivity index (χ0n) is 13.2. The van der Waals surface area contributed by atoms with Crippen molar-refractivity contribution in [3.63, 3.8) is 0 Å². The van der Waals surface area contributed by atoms with E-state index >= 15 is 0 Å². The first kappa shape index (κ1) is 15.0. The molecule has 1 spiro atoms. The quantitative estimate of drug-likeness (QED) is 0.847. The van der Waals surface area contributed by atoms with E-state index in [9.17, 15) is 0 Å². The van der Waals surface area contributed by atoms with E-state index in [-0.39, 0.29) is 5.54 Å². The van der Waals surface area contributed by atoms with Crippen LogP contribution >= 0.6 is 11.8 Å². The molecule has 0 unspecified atom stereocenters. The van der Waals surface area contributed by atoms with Crippen LogP contribution in [0.1, 0.15) is 57.1 Å². The molecule has 1 fully saturated rings. The van der Waals surface area contributed by atoms with Crippen molar-refractivity contribution in [3.05, 3.63) is 29.3 Å². The van der Waals surface area contributed by atoms with Crippen molar-refractivity contribution >= 4 is 22.6 Å². The summed E-state index contributed by atoms with van der Waals surface area (Å²) in [5.41, 5.74) is 4.37. The molecule has 3 rings (SSSR count). The Morgan fingerprint density at radius 3 is 2.38 bits per heavy atom. The molecule has 21 heavy (non-hydrogen) atoms. The Labute approximate surface area is 132 Å². The fourth-order valence-corrected chi connectivity index (χ4v) is 4.71. The summed E-state index contributed by atoms with van der Waals surface area (Å²) in [4.78, 5) is 5.09. The molecule has 3 heteroatoms. The van der Waals surface area contributed by atoms with Crippen molar-refractivity contribution in [2.24, 2.45) is 4.99 Å². The lowest BCUT2D eigenvalue weighted by molar-refractivity contribution is 0.335. The summed E-state index contributed by atoms with van der Waals surface area (Å²) in [5.74, 6) is 1.17. The number of hydrogen-bond acceptors (Lipinski definition) is 3. The zero-order valence-corrected chi connectivity index (χ0v) is 14.1. The van der Waals surface area contributed by atoms with Gasteiger partial charge in [-0.25, -0.2) is 0 Å². The van der Waals surface area contributed by atoms with Crippen molar-refractivity contribution in [2.45, 2.75) is 64.3 Å². The van der Waals surface area contributed by atoms with Crippen molar-refractivity contribution in [2.75, 3.05) is 11.1 Å². The summed E-state index contributed by atoms with van der Waals surface area (Å²) in [7, 11) is 0. The van der Waals surface area contributed by atoms with E-state index in [0.717, 1.165) is 18.0 Å². The van der Waals surface area contributed by atoms with Gasteiger partial charge < -0.3 is 5.32 Å².